The molecule has 0 bridgehead atoms. The fraction of sp³-hybridized carbons (Fsp3) is 0.765. The summed E-state index contributed by atoms with van der Waals surface area (Å²) in [6, 6.07) is 0. The van der Waals surface area contributed by atoms with E-state index in [1.807, 2.05) is 0 Å². The molecule has 0 heterocycles. The Morgan fingerprint density at radius 1 is 0.885 bits per heavy atom. The van der Waals surface area contributed by atoms with Crippen LogP contribution in [0.5, 0.6) is 0 Å². The van der Waals surface area contributed by atoms with Crippen LogP contribution in [0.3, 0.4) is 0 Å². The van der Waals surface area contributed by atoms with Crippen LogP contribution in [-0.2, 0) is 23.9 Å². The second kappa shape index (κ2) is 11.3. The highest BCUT2D eigenvalue weighted by atomic mass is 16.6. The molecule has 1 N–H and O–H groups in total. The van der Waals surface area contributed by atoms with Crippen molar-refractivity contribution in [2.45, 2.75) is 45.6 Å². The molecule has 0 aliphatic heterocycles. The number of ether oxygens (including phenoxy) is 2. The van der Waals surface area contributed by atoms with Crippen molar-refractivity contribution in [1.29, 1.82) is 0 Å². The molecule has 0 saturated carbocycles. The first-order chi connectivity index (χ1) is 12.0. The second-order valence-electron chi connectivity index (χ2n) is 6.89. The Hall–Kier alpha value is -2.32. The van der Waals surface area contributed by atoms with Crippen molar-refractivity contribution in [3.8, 4) is 0 Å². The Balaban J connectivity index is 4.06. The molecular formula is C17H31N3O6. The maximum absolute atomic E-state index is 12.0. The highest BCUT2D eigenvalue weighted by molar-refractivity contribution is 5.79. The molecule has 9 nitrogen and oxygen atoms in total. The van der Waals surface area contributed by atoms with Crippen molar-refractivity contribution >= 4 is 23.9 Å². The Labute approximate surface area is 155 Å². The van der Waals surface area contributed by atoms with Crippen LogP contribution in [0.25, 0.3) is 0 Å². The summed E-state index contributed by atoms with van der Waals surface area (Å²) in [5.41, 5.74) is -0.592. The summed E-state index contributed by atoms with van der Waals surface area (Å²) in [6.45, 7) is 5.95. The first kappa shape index (κ1) is 23.7. The predicted molar refractivity (Wildman–Crippen MR) is 95.4 cm³/mol. The molecule has 0 spiro atoms. The molecule has 3 amide bonds. The summed E-state index contributed by atoms with van der Waals surface area (Å²) in [4.78, 5) is 49.4. The Bertz CT molecular complexity index is 501. The van der Waals surface area contributed by atoms with E-state index in [1.54, 1.807) is 34.9 Å². The molecule has 0 radical (unpaired) electrons. The van der Waals surface area contributed by atoms with Gasteiger partial charge in [-0.2, -0.15) is 0 Å². The summed E-state index contributed by atoms with van der Waals surface area (Å²) in [5, 5.41) is 2.51. The molecule has 0 aromatic rings. The minimum absolute atomic E-state index is 0.113. The number of nitrogens with one attached hydrogen (secondary N) is 1. The van der Waals surface area contributed by atoms with Gasteiger partial charge >= 0.3 is 12.1 Å². The Morgan fingerprint density at radius 2 is 1.38 bits per heavy atom. The molecule has 0 saturated heterocycles. The van der Waals surface area contributed by atoms with Gasteiger partial charge in [0.1, 0.15) is 5.60 Å². The maximum atomic E-state index is 12.0. The normalized spacial score (nSPS) is 10.7. The van der Waals surface area contributed by atoms with Crippen molar-refractivity contribution < 1.29 is 28.7 Å². The van der Waals surface area contributed by atoms with Crippen molar-refractivity contribution in [3.05, 3.63) is 0 Å². The first-order valence-electron chi connectivity index (χ1n) is 8.48. The molecule has 0 aliphatic carbocycles. The van der Waals surface area contributed by atoms with Crippen LogP contribution in [0.2, 0.25) is 0 Å². The lowest BCUT2D eigenvalue weighted by Gasteiger charge is -2.21. The molecule has 0 atom stereocenters. The van der Waals surface area contributed by atoms with E-state index in [1.165, 1.54) is 16.9 Å². The molecule has 0 rings (SSSR count). The Kier molecular flexibility index (Phi) is 10.3. The summed E-state index contributed by atoms with van der Waals surface area (Å²) < 4.78 is 9.60. The van der Waals surface area contributed by atoms with E-state index in [2.05, 4.69) is 10.1 Å². The number of amides is 3. The minimum atomic E-state index is -0.592. The summed E-state index contributed by atoms with van der Waals surface area (Å²) in [7, 11) is 4.48. The van der Waals surface area contributed by atoms with Crippen LogP contribution in [0.1, 0.15) is 40.0 Å². The van der Waals surface area contributed by atoms with Crippen LogP contribution in [0.15, 0.2) is 0 Å². The van der Waals surface area contributed by atoms with E-state index < -0.39 is 11.7 Å². The lowest BCUT2D eigenvalue weighted by Crippen LogP contribution is -2.37. The van der Waals surface area contributed by atoms with Gasteiger partial charge in [-0.15, -0.1) is 0 Å². The number of hydrogen-bond donors (Lipinski definition) is 1. The maximum Gasteiger partial charge on any atom is 0.407 e. The van der Waals surface area contributed by atoms with Gasteiger partial charge in [0, 0.05) is 46.6 Å². The van der Waals surface area contributed by atoms with Crippen molar-refractivity contribution in [3.63, 3.8) is 0 Å². The third kappa shape index (κ3) is 11.3. The van der Waals surface area contributed by atoms with Gasteiger partial charge in [-0.25, -0.2) is 4.79 Å². The van der Waals surface area contributed by atoms with Gasteiger partial charge in [-0.05, 0) is 20.8 Å². The van der Waals surface area contributed by atoms with Crippen molar-refractivity contribution in [1.82, 2.24) is 15.1 Å². The Morgan fingerprint density at radius 3 is 1.88 bits per heavy atom. The highest BCUT2D eigenvalue weighted by Gasteiger charge is 2.17. The molecule has 0 aliphatic rings. The van der Waals surface area contributed by atoms with Gasteiger partial charge in [0.15, 0.2) is 0 Å². The lowest BCUT2D eigenvalue weighted by atomic mass is 10.2. The number of methoxy groups -OCH3 is 1. The summed E-state index contributed by atoms with van der Waals surface area (Å²) >= 11 is 0. The number of alkyl carbamates (subject to hydrolysis) is 1. The molecule has 9 heteroatoms. The van der Waals surface area contributed by atoms with Gasteiger partial charge in [-0.3, -0.25) is 14.4 Å². The molecular weight excluding hydrogens is 342 g/mol. The largest absolute Gasteiger partial charge is 0.469 e. The molecule has 26 heavy (non-hydrogen) atoms. The van der Waals surface area contributed by atoms with Crippen molar-refractivity contribution in [2.75, 3.05) is 40.8 Å². The molecule has 0 fully saturated rings. The average molecular weight is 373 g/mol. The predicted octanol–water partition coefficient (Wildman–Crippen LogP) is 0.771. The lowest BCUT2D eigenvalue weighted by molar-refractivity contribution is -0.141. The monoisotopic (exact) mass is 373 g/mol. The zero-order valence-electron chi connectivity index (χ0n) is 16.6. The van der Waals surface area contributed by atoms with E-state index in [0.29, 0.717) is 0 Å². The van der Waals surface area contributed by atoms with E-state index in [9.17, 15) is 19.2 Å². The van der Waals surface area contributed by atoms with E-state index in [-0.39, 0.29) is 56.7 Å². The van der Waals surface area contributed by atoms with Gasteiger partial charge in [-0.1, -0.05) is 0 Å². The van der Waals surface area contributed by atoms with Gasteiger partial charge in [0.25, 0.3) is 0 Å². The first-order valence-corrected chi connectivity index (χ1v) is 8.48. The van der Waals surface area contributed by atoms with E-state index in [4.69, 9.17) is 4.74 Å². The topological polar surface area (TPSA) is 105 Å². The quantitative estimate of drug-likeness (QED) is 0.599. The summed E-state index contributed by atoms with van der Waals surface area (Å²) in [5.74, 6) is -0.735. The summed E-state index contributed by atoms with van der Waals surface area (Å²) in [6.07, 6.45) is -0.180. The molecule has 150 valence electrons. The van der Waals surface area contributed by atoms with Crippen LogP contribution in [0.4, 0.5) is 4.79 Å². The number of hydrogen-bond acceptors (Lipinski definition) is 6. The van der Waals surface area contributed by atoms with Crippen LogP contribution >= 0.6 is 0 Å². The number of esters is 1. The van der Waals surface area contributed by atoms with Gasteiger partial charge in [0.05, 0.1) is 13.5 Å². The second-order valence-corrected chi connectivity index (χ2v) is 6.89. The van der Waals surface area contributed by atoms with E-state index in [0.717, 1.165) is 0 Å². The SMILES string of the molecule is COC(=O)CCN(C)C(=O)CCN(C)C(=O)CCNC(=O)OC(C)(C)C. The minimum Gasteiger partial charge on any atom is -0.469 e. The molecule has 0 aromatic heterocycles. The zero-order chi connectivity index (χ0) is 20.3. The zero-order valence-corrected chi connectivity index (χ0v) is 16.6. The number of carbonyl (C=O) groups is 4. The van der Waals surface area contributed by atoms with Crippen molar-refractivity contribution in [2.24, 2.45) is 0 Å². The fourth-order valence-electron chi connectivity index (χ4n) is 1.84. The van der Waals surface area contributed by atoms with Gasteiger partial charge < -0.3 is 24.6 Å². The number of nitrogens with zero attached hydrogens (tertiary/aromatic N) is 2. The van der Waals surface area contributed by atoms with E-state index >= 15 is 0 Å². The third-order valence-electron chi connectivity index (χ3n) is 3.40. The highest BCUT2D eigenvalue weighted by Crippen LogP contribution is 2.06. The van der Waals surface area contributed by atoms with Crippen LogP contribution in [0, 0.1) is 0 Å². The number of rotatable bonds is 9. The fourth-order valence-corrected chi connectivity index (χ4v) is 1.84. The molecule has 0 aromatic carbocycles. The average Bonchev–Trinajstić information content (AvgIpc) is 2.54. The number of carbonyl (C=O) groups excluding carboxylic acids is 4. The standard InChI is InChI=1S/C17H31N3O6/c1-17(2,3)26-16(24)18-10-7-13(21)19(4)11-8-14(22)20(5)12-9-15(23)25-6/h7-12H2,1-6H3,(H,18,24). The van der Waals surface area contributed by atoms with Gasteiger partial charge in [0.2, 0.25) is 11.8 Å². The smallest absolute Gasteiger partial charge is 0.407 e. The third-order valence-corrected chi connectivity index (χ3v) is 3.40. The van der Waals surface area contributed by atoms with Crippen LogP contribution < -0.4 is 5.32 Å². The van der Waals surface area contributed by atoms with Crippen LogP contribution in [-0.4, -0.2) is 80.1 Å². The molecule has 0 unspecified atom stereocenters.